The Balaban J connectivity index is 2.23. The molecule has 144 valence electrons. The molecule has 3 rings (SSSR count). The van der Waals surface area contributed by atoms with Crippen LogP contribution in [0.15, 0.2) is 35.3 Å². The standard InChI is InChI=1S/C18H13Cl2N3O5/c1-23-16-8(7-21-15(22-16)10(18(27)28)6-13(24)25)5-9(17(23)26)14-11(19)3-2-4-12(14)20/h2-5,7,10H,6H2,1H3,(H,24,25)(H,27,28). The van der Waals surface area contributed by atoms with E-state index in [1.165, 1.54) is 23.9 Å². The van der Waals surface area contributed by atoms with E-state index in [-0.39, 0.29) is 17.0 Å². The number of carboxylic acids is 2. The van der Waals surface area contributed by atoms with Crippen molar-refractivity contribution in [3.63, 3.8) is 0 Å². The van der Waals surface area contributed by atoms with Gasteiger partial charge in [0.1, 0.15) is 17.4 Å². The molecule has 2 N–H and O–H groups in total. The van der Waals surface area contributed by atoms with Crippen LogP contribution in [0.25, 0.3) is 22.2 Å². The number of benzene rings is 1. The molecule has 10 heteroatoms. The van der Waals surface area contributed by atoms with Gasteiger partial charge in [-0.1, -0.05) is 29.3 Å². The van der Waals surface area contributed by atoms with Crippen molar-refractivity contribution in [2.24, 2.45) is 7.05 Å². The monoisotopic (exact) mass is 421 g/mol. The average molecular weight is 422 g/mol. The highest BCUT2D eigenvalue weighted by molar-refractivity contribution is 6.39. The van der Waals surface area contributed by atoms with Gasteiger partial charge in [0.05, 0.1) is 22.0 Å². The molecular formula is C18H13Cl2N3O5. The Kier molecular flexibility index (Phi) is 5.35. The third-order valence-corrected chi connectivity index (χ3v) is 4.82. The first-order valence-electron chi connectivity index (χ1n) is 7.96. The summed E-state index contributed by atoms with van der Waals surface area (Å²) in [5.74, 6) is -4.30. The summed E-state index contributed by atoms with van der Waals surface area (Å²) < 4.78 is 1.22. The molecule has 0 radical (unpaired) electrons. The number of aromatic nitrogens is 3. The lowest BCUT2D eigenvalue weighted by atomic mass is 10.0. The third-order valence-electron chi connectivity index (χ3n) is 4.19. The fourth-order valence-corrected chi connectivity index (χ4v) is 3.43. The van der Waals surface area contributed by atoms with Crippen molar-refractivity contribution in [3.8, 4) is 11.1 Å². The summed E-state index contributed by atoms with van der Waals surface area (Å²) in [5, 5.41) is 19.2. The molecule has 2 aromatic heterocycles. The molecule has 0 fully saturated rings. The molecule has 28 heavy (non-hydrogen) atoms. The number of hydrogen-bond acceptors (Lipinski definition) is 5. The van der Waals surface area contributed by atoms with Crippen LogP contribution < -0.4 is 5.56 Å². The maximum absolute atomic E-state index is 12.9. The van der Waals surface area contributed by atoms with Gasteiger partial charge in [0.2, 0.25) is 0 Å². The van der Waals surface area contributed by atoms with Gasteiger partial charge in [-0.05, 0) is 18.2 Å². The van der Waals surface area contributed by atoms with Crippen LogP contribution in [-0.2, 0) is 16.6 Å². The number of fused-ring (bicyclic) bond motifs is 1. The number of pyridine rings is 1. The van der Waals surface area contributed by atoms with Crippen molar-refractivity contribution >= 4 is 46.2 Å². The van der Waals surface area contributed by atoms with E-state index < -0.39 is 29.8 Å². The minimum atomic E-state index is -1.44. The number of carbonyl (C=O) groups is 2. The predicted octanol–water partition coefficient (Wildman–Crippen LogP) is 2.95. The number of halogens is 2. The summed E-state index contributed by atoms with van der Waals surface area (Å²) >= 11 is 12.4. The highest BCUT2D eigenvalue weighted by atomic mass is 35.5. The summed E-state index contributed by atoms with van der Waals surface area (Å²) in [5.41, 5.74) is 0.324. The lowest BCUT2D eigenvalue weighted by Crippen LogP contribution is -2.22. The number of carboxylic acid groups (broad SMARTS) is 2. The van der Waals surface area contributed by atoms with Crippen LogP contribution in [0, 0.1) is 0 Å². The average Bonchev–Trinajstić information content (AvgIpc) is 2.63. The van der Waals surface area contributed by atoms with Crippen LogP contribution >= 0.6 is 23.2 Å². The van der Waals surface area contributed by atoms with E-state index in [4.69, 9.17) is 28.3 Å². The maximum Gasteiger partial charge on any atom is 0.314 e. The van der Waals surface area contributed by atoms with Gasteiger partial charge in [0.15, 0.2) is 0 Å². The van der Waals surface area contributed by atoms with Crippen molar-refractivity contribution in [1.29, 1.82) is 0 Å². The Labute approximate surface area is 168 Å². The second kappa shape index (κ2) is 7.57. The second-order valence-electron chi connectivity index (χ2n) is 6.01. The van der Waals surface area contributed by atoms with Gasteiger partial charge in [0, 0.05) is 24.2 Å². The molecule has 8 nitrogen and oxygen atoms in total. The Hall–Kier alpha value is -2.97. The van der Waals surface area contributed by atoms with Gasteiger partial charge in [-0.25, -0.2) is 9.97 Å². The van der Waals surface area contributed by atoms with Gasteiger partial charge in [-0.15, -0.1) is 0 Å². The summed E-state index contributed by atoms with van der Waals surface area (Å²) in [4.78, 5) is 43.3. The van der Waals surface area contributed by atoms with Crippen molar-refractivity contribution < 1.29 is 19.8 Å². The van der Waals surface area contributed by atoms with E-state index in [2.05, 4.69) is 9.97 Å². The molecule has 0 aliphatic carbocycles. The largest absolute Gasteiger partial charge is 0.481 e. The Morgan fingerprint density at radius 1 is 1.21 bits per heavy atom. The molecule has 0 aliphatic rings. The van der Waals surface area contributed by atoms with Gasteiger partial charge >= 0.3 is 11.9 Å². The zero-order valence-electron chi connectivity index (χ0n) is 14.4. The molecule has 0 aliphatic heterocycles. The molecule has 1 unspecified atom stereocenters. The van der Waals surface area contributed by atoms with Crippen molar-refractivity contribution in [1.82, 2.24) is 14.5 Å². The number of aryl methyl sites for hydroxylation is 1. The number of rotatable bonds is 5. The third kappa shape index (κ3) is 3.56. The fraction of sp³-hybridized carbons (Fsp3) is 0.167. The molecule has 1 aromatic carbocycles. The van der Waals surface area contributed by atoms with E-state index in [0.29, 0.717) is 21.0 Å². The zero-order chi connectivity index (χ0) is 20.6. The van der Waals surface area contributed by atoms with Gasteiger partial charge in [-0.2, -0.15) is 0 Å². The minimum Gasteiger partial charge on any atom is -0.481 e. The first-order valence-corrected chi connectivity index (χ1v) is 8.72. The smallest absolute Gasteiger partial charge is 0.314 e. The van der Waals surface area contributed by atoms with E-state index in [0.717, 1.165) is 0 Å². The number of aliphatic carboxylic acids is 2. The summed E-state index contributed by atoms with van der Waals surface area (Å²) in [7, 11) is 1.46. The lowest BCUT2D eigenvalue weighted by Gasteiger charge is -2.13. The molecule has 2 heterocycles. The Bertz CT molecular complexity index is 1160. The lowest BCUT2D eigenvalue weighted by molar-refractivity contribution is -0.145. The first kappa shape index (κ1) is 19.8. The van der Waals surface area contributed by atoms with E-state index >= 15 is 0 Å². The Morgan fingerprint density at radius 3 is 2.43 bits per heavy atom. The van der Waals surface area contributed by atoms with Crippen molar-refractivity contribution in [3.05, 3.63) is 56.7 Å². The fourth-order valence-electron chi connectivity index (χ4n) is 2.83. The number of hydrogen-bond donors (Lipinski definition) is 2. The number of nitrogens with zero attached hydrogens (tertiary/aromatic N) is 3. The Morgan fingerprint density at radius 2 is 1.86 bits per heavy atom. The predicted molar refractivity (Wildman–Crippen MR) is 103 cm³/mol. The first-order chi connectivity index (χ1) is 13.2. The van der Waals surface area contributed by atoms with Crippen LogP contribution in [0.3, 0.4) is 0 Å². The van der Waals surface area contributed by atoms with Gasteiger partial charge < -0.3 is 10.2 Å². The minimum absolute atomic E-state index is 0.165. The highest BCUT2D eigenvalue weighted by Crippen LogP contribution is 2.33. The van der Waals surface area contributed by atoms with Crippen LogP contribution in [0.1, 0.15) is 18.2 Å². The highest BCUT2D eigenvalue weighted by Gasteiger charge is 2.27. The molecule has 0 saturated heterocycles. The quantitative estimate of drug-likeness (QED) is 0.648. The zero-order valence-corrected chi connectivity index (χ0v) is 15.9. The molecule has 1 atom stereocenters. The molecular weight excluding hydrogens is 409 g/mol. The van der Waals surface area contributed by atoms with E-state index in [1.54, 1.807) is 18.2 Å². The van der Waals surface area contributed by atoms with Gasteiger partial charge in [-0.3, -0.25) is 19.0 Å². The summed E-state index contributed by atoms with van der Waals surface area (Å²) in [6, 6.07) is 6.38. The topological polar surface area (TPSA) is 122 Å². The summed E-state index contributed by atoms with van der Waals surface area (Å²) in [6.45, 7) is 0. The summed E-state index contributed by atoms with van der Waals surface area (Å²) in [6.07, 6.45) is 0.658. The van der Waals surface area contributed by atoms with E-state index in [9.17, 15) is 19.5 Å². The van der Waals surface area contributed by atoms with Crippen LogP contribution in [0.2, 0.25) is 10.0 Å². The molecule has 0 saturated carbocycles. The van der Waals surface area contributed by atoms with E-state index in [1.807, 2.05) is 0 Å². The maximum atomic E-state index is 12.9. The van der Waals surface area contributed by atoms with Crippen molar-refractivity contribution in [2.45, 2.75) is 12.3 Å². The SMILES string of the molecule is Cn1c(=O)c(-c2c(Cl)cccc2Cl)cc2cnc(C(CC(=O)O)C(=O)O)nc21. The molecule has 0 spiro atoms. The molecule has 0 amide bonds. The normalized spacial score (nSPS) is 12.1. The van der Waals surface area contributed by atoms with Crippen LogP contribution in [-0.4, -0.2) is 36.7 Å². The van der Waals surface area contributed by atoms with Crippen LogP contribution in [0.4, 0.5) is 0 Å². The molecule has 0 bridgehead atoms. The second-order valence-corrected chi connectivity index (χ2v) is 6.83. The van der Waals surface area contributed by atoms with Crippen molar-refractivity contribution in [2.75, 3.05) is 0 Å². The van der Waals surface area contributed by atoms with Crippen LogP contribution in [0.5, 0.6) is 0 Å². The molecule has 3 aromatic rings. The van der Waals surface area contributed by atoms with Gasteiger partial charge in [0.25, 0.3) is 5.56 Å².